The van der Waals surface area contributed by atoms with Crippen LogP contribution >= 0.6 is 15.9 Å². The number of rotatable bonds is 2. The summed E-state index contributed by atoms with van der Waals surface area (Å²) in [5, 5.41) is 0.894. The van der Waals surface area contributed by atoms with E-state index in [0.717, 1.165) is 24.8 Å². The lowest BCUT2D eigenvalue weighted by Gasteiger charge is -2.29. The second kappa shape index (κ2) is 4.10. The van der Waals surface area contributed by atoms with E-state index in [9.17, 15) is 4.79 Å². The summed E-state index contributed by atoms with van der Waals surface area (Å²) < 4.78 is 0. The molecule has 0 aromatic heterocycles. The van der Waals surface area contributed by atoms with Crippen molar-refractivity contribution in [3.63, 3.8) is 0 Å². The first-order chi connectivity index (χ1) is 5.25. The quantitative estimate of drug-likeness (QED) is 0.648. The van der Waals surface area contributed by atoms with Crippen LogP contribution in [-0.4, -0.2) is 29.2 Å². The van der Waals surface area contributed by atoms with Gasteiger partial charge in [0.15, 0.2) is 0 Å². The van der Waals surface area contributed by atoms with E-state index in [1.54, 1.807) is 0 Å². The Bertz CT molecular complexity index is 147. The lowest BCUT2D eigenvalue weighted by molar-refractivity contribution is -0.137. The van der Waals surface area contributed by atoms with Gasteiger partial charge in [-0.1, -0.05) is 22.9 Å². The van der Waals surface area contributed by atoms with E-state index in [0.29, 0.717) is 5.91 Å². The fourth-order valence-corrected chi connectivity index (χ4v) is 1.89. The third-order valence-corrected chi connectivity index (χ3v) is 2.51. The van der Waals surface area contributed by atoms with Gasteiger partial charge in [0.2, 0.25) is 5.91 Å². The molecule has 1 aliphatic rings. The number of alkyl halides is 1. The predicted octanol–water partition coefficient (Wildman–Crippen LogP) is 1.64. The first-order valence-electron chi connectivity index (χ1n) is 4.10. The van der Waals surface area contributed by atoms with E-state index in [1.807, 2.05) is 11.8 Å². The maximum absolute atomic E-state index is 11.4. The number of nitrogens with zero attached hydrogens (tertiary/aromatic N) is 1. The minimum Gasteiger partial charge on any atom is -0.342 e. The van der Waals surface area contributed by atoms with E-state index in [-0.39, 0.29) is 5.92 Å². The van der Waals surface area contributed by atoms with Gasteiger partial charge in [0, 0.05) is 24.3 Å². The molecule has 1 fully saturated rings. The number of hydrogen-bond acceptors (Lipinski definition) is 1. The summed E-state index contributed by atoms with van der Waals surface area (Å²) in [6, 6.07) is 0. The van der Waals surface area contributed by atoms with Gasteiger partial charge >= 0.3 is 0 Å². The molecule has 1 atom stereocenters. The molecule has 1 heterocycles. The van der Waals surface area contributed by atoms with Gasteiger partial charge in [-0.3, -0.25) is 4.79 Å². The summed E-state index contributed by atoms with van der Waals surface area (Å²) >= 11 is 3.34. The van der Waals surface area contributed by atoms with Crippen molar-refractivity contribution in [2.45, 2.75) is 19.8 Å². The Balaban J connectivity index is 2.44. The minimum atomic E-state index is 0.253. The summed E-state index contributed by atoms with van der Waals surface area (Å²) in [5.41, 5.74) is 0. The molecule has 11 heavy (non-hydrogen) atoms. The molecule has 0 aromatic carbocycles. The minimum absolute atomic E-state index is 0.253. The molecule has 0 radical (unpaired) electrons. The van der Waals surface area contributed by atoms with Gasteiger partial charge < -0.3 is 4.90 Å². The molecular weight excluding hydrogens is 206 g/mol. The van der Waals surface area contributed by atoms with Crippen molar-refractivity contribution in [1.29, 1.82) is 0 Å². The molecule has 0 N–H and O–H groups in total. The molecule has 1 saturated heterocycles. The van der Waals surface area contributed by atoms with Crippen molar-refractivity contribution in [3.05, 3.63) is 0 Å². The number of carbonyl (C=O) groups is 1. The van der Waals surface area contributed by atoms with Gasteiger partial charge in [0.1, 0.15) is 0 Å². The van der Waals surface area contributed by atoms with Crippen molar-refractivity contribution in [2.75, 3.05) is 18.4 Å². The highest BCUT2D eigenvalue weighted by Gasteiger charge is 2.23. The molecular formula is C8H14BrNO. The zero-order chi connectivity index (χ0) is 8.27. The van der Waals surface area contributed by atoms with Crippen molar-refractivity contribution in [1.82, 2.24) is 4.90 Å². The average Bonchev–Trinajstić information content (AvgIpc) is 1.99. The number of piperidine rings is 1. The molecule has 0 saturated carbocycles. The SMILES string of the molecule is CC1CCCN(CCBr)C1=O. The maximum Gasteiger partial charge on any atom is 0.225 e. The van der Waals surface area contributed by atoms with E-state index in [2.05, 4.69) is 15.9 Å². The van der Waals surface area contributed by atoms with E-state index >= 15 is 0 Å². The number of hydrogen-bond donors (Lipinski definition) is 0. The zero-order valence-corrected chi connectivity index (χ0v) is 8.43. The third-order valence-electron chi connectivity index (χ3n) is 2.15. The van der Waals surface area contributed by atoms with Crippen molar-refractivity contribution in [3.8, 4) is 0 Å². The van der Waals surface area contributed by atoms with Gasteiger partial charge in [-0.2, -0.15) is 0 Å². The van der Waals surface area contributed by atoms with Gasteiger partial charge in [0.05, 0.1) is 0 Å². The standard InChI is InChI=1S/C8H14BrNO/c1-7-3-2-5-10(6-4-9)8(7)11/h7H,2-6H2,1H3. The molecule has 0 spiro atoms. The summed E-state index contributed by atoms with van der Waals surface area (Å²) in [4.78, 5) is 13.4. The van der Waals surface area contributed by atoms with Crippen LogP contribution in [0, 0.1) is 5.92 Å². The Morgan fingerprint density at radius 3 is 3.09 bits per heavy atom. The van der Waals surface area contributed by atoms with E-state index < -0.39 is 0 Å². The summed E-state index contributed by atoms with van der Waals surface area (Å²) in [6.45, 7) is 3.83. The molecule has 1 aliphatic heterocycles. The molecule has 3 heteroatoms. The van der Waals surface area contributed by atoms with Crippen LogP contribution in [0.15, 0.2) is 0 Å². The van der Waals surface area contributed by atoms with Crippen LogP contribution in [0.2, 0.25) is 0 Å². The van der Waals surface area contributed by atoms with Crippen LogP contribution in [0.4, 0.5) is 0 Å². The van der Waals surface area contributed by atoms with Gasteiger partial charge in [-0.25, -0.2) is 0 Å². The highest BCUT2D eigenvalue weighted by Crippen LogP contribution is 2.16. The largest absolute Gasteiger partial charge is 0.342 e. The second-order valence-corrected chi connectivity index (χ2v) is 3.85. The normalized spacial score (nSPS) is 25.8. The smallest absolute Gasteiger partial charge is 0.225 e. The first-order valence-corrected chi connectivity index (χ1v) is 5.22. The summed E-state index contributed by atoms with van der Waals surface area (Å²) in [7, 11) is 0. The van der Waals surface area contributed by atoms with Crippen LogP contribution in [-0.2, 0) is 4.79 Å². The monoisotopic (exact) mass is 219 g/mol. The van der Waals surface area contributed by atoms with Gasteiger partial charge in [-0.05, 0) is 12.8 Å². The molecule has 0 aliphatic carbocycles. The highest BCUT2D eigenvalue weighted by molar-refractivity contribution is 9.09. The number of halogens is 1. The van der Waals surface area contributed by atoms with E-state index in [1.165, 1.54) is 6.42 Å². The topological polar surface area (TPSA) is 20.3 Å². The highest BCUT2D eigenvalue weighted by atomic mass is 79.9. The van der Waals surface area contributed by atoms with Gasteiger partial charge in [0.25, 0.3) is 0 Å². The Labute approximate surface area is 76.1 Å². The zero-order valence-electron chi connectivity index (χ0n) is 6.85. The average molecular weight is 220 g/mol. The number of amides is 1. The Morgan fingerprint density at radius 2 is 2.45 bits per heavy atom. The summed E-state index contributed by atoms with van der Waals surface area (Å²) in [5.74, 6) is 0.582. The molecule has 1 amide bonds. The molecule has 0 bridgehead atoms. The first kappa shape index (κ1) is 9.04. The Kier molecular flexibility index (Phi) is 3.37. The Hall–Kier alpha value is -0.0500. The fourth-order valence-electron chi connectivity index (χ4n) is 1.46. The van der Waals surface area contributed by atoms with Crippen LogP contribution in [0.25, 0.3) is 0 Å². The number of carbonyl (C=O) groups excluding carboxylic acids is 1. The van der Waals surface area contributed by atoms with Crippen molar-refractivity contribution >= 4 is 21.8 Å². The van der Waals surface area contributed by atoms with E-state index in [4.69, 9.17) is 0 Å². The molecule has 1 unspecified atom stereocenters. The predicted molar refractivity (Wildman–Crippen MR) is 48.8 cm³/mol. The molecule has 1 rings (SSSR count). The van der Waals surface area contributed by atoms with Gasteiger partial charge in [-0.15, -0.1) is 0 Å². The van der Waals surface area contributed by atoms with Crippen LogP contribution in [0.5, 0.6) is 0 Å². The second-order valence-electron chi connectivity index (χ2n) is 3.06. The lowest BCUT2D eigenvalue weighted by Crippen LogP contribution is -2.41. The van der Waals surface area contributed by atoms with Crippen LogP contribution in [0.1, 0.15) is 19.8 Å². The van der Waals surface area contributed by atoms with Crippen LogP contribution < -0.4 is 0 Å². The maximum atomic E-state index is 11.4. The Morgan fingerprint density at radius 1 is 1.73 bits per heavy atom. The fraction of sp³-hybridized carbons (Fsp3) is 0.875. The molecule has 64 valence electrons. The third kappa shape index (κ3) is 2.19. The molecule has 2 nitrogen and oxygen atoms in total. The van der Waals surface area contributed by atoms with Crippen molar-refractivity contribution < 1.29 is 4.79 Å². The lowest BCUT2D eigenvalue weighted by atomic mass is 9.99. The summed E-state index contributed by atoms with van der Waals surface area (Å²) in [6.07, 6.45) is 2.23. The van der Waals surface area contributed by atoms with Crippen LogP contribution in [0.3, 0.4) is 0 Å². The van der Waals surface area contributed by atoms with Crippen molar-refractivity contribution in [2.24, 2.45) is 5.92 Å². The molecule has 0 aromatic rings. The number of likely N-dealkylation sites (tertiary alicyclic amines) is 1.